The van der Waals surface area contributed by atoms with Crippen LogP contribution in [-0.2, 0) is 6.42 Å². The number of benzene rings is 3. The van der Waals surface area contributed by atoms with E-state index in [1.54, 1.807) is 13.2 Å². The monoisotopic (exact) mass is 502 g/mol. The molecule has 1 unspecified atom stereocenters. The smallest absolute Gasteiger partial charge is 0.326 e. The number of nitrogens with one attached hydrogen (secondary N) is 1. The summed E-state index contributed by atoms with van der Waals surface area (Å²) in [4.78, 5) is 20.0. The van der Waals surface area contributed by atoms with Crippen LogP contribution in [0.1, 0.15) is 36.1 Å². The molecule has 5 rings (SSSR count). The van der Waals surface area contributed by atoms with Crippen molar-refractivity contribution in [3.05, 3.63) is 83.2 Å². The Morgan fingerprint density at radius 2 is 1.76 bits per heavy atom. The molecule has 2 aliphatic heterocycles. The molecule has 1 atom stereocenters. The quantitative estimate of drug-likeness (QED) is 0.464. The van der Waals surface area contributed by atoms with E-state index in [1.165, 1.54) is 23.3 Å². The first kappa shape index (κ1) is 25.1. The highest BCUT2D eigenvalue weighted by atomic mass is 19.1. The highest BCUT2D eigenvalue weighted by Crippen LogP contribution is 2.38. The third kappa shape index (κ3) is 5.27. The number of hydrogen-bond acceptors (Lipinski definition) is 4. The lowest BCUT2D eigenvalue weighted by molar-refractivity contribution is 0.198. The third-order valence-corrected chi connectivity index (χ3v) is 7.59. The SMILES string of the molecule is COc1cc(F)ccc1N1CCN(C(C)c2cccc3c2N(C(=O)Nc2ccc(C)cc2)CCC3)CC1. The van der Waals surface area contributed by atoms with Gasteiger partial charge in [-0.3, -0.25) is 9.80 Å². The second kappa shape index (κ2) is 10.8. The lowest BCUT2D eigenvalue weighted by Gasteiger charge is -2.41. The van der Waals surface area contributed by atoms with E-state index < -0.39 is 0 Å². The average Bonchev–Trinajstić information content (AvgIpc) is 2.93. The molecule has 0 saturated carbocycles. The molecule has 0 radical (unpaired) electrons. The molecular formula is C30H35FN4O2. The number of nitrogens with zero attached hydrogens (tertiary/aromatic N) is 3. The number of carbonyl (C=O) groups is 1. The number of anilines is 3. The Morgan fingerprint density at radius 1 is 1.00 bits per heavy atom. The van der Waals surface area contributed by atoms with E-state index in [1.807, 2.05) is 36.1 Å². The van der Waals surface area contributed by atoms with Crippen molar-refractivity contribution < 1.29 is 13.9 Å². The molecule has 1 N–H and O–H groups in total. The van der Waals surface area contributed by atoms with E-state index in [-0.39, 0.29) is 17.9 Å². The van der Waals surface area contributed by atoms with Crippen molar-refractivity contribution in [2.75, 3.05) is 55.0 Å². The minimum absolute atomic E-state index is 0.0855. The van der Waals surface area contributed by atoms with Gasteiger partial charge in [0, 0.05) is 50.5 Å². The summed E-state index contributed by atoms with van der Waals surface area (Å²) in [6.45, 7) is 8.33. The predicted molar refractivity (Wildman–Crippen MR) is 147 cm³/mol. The molecule has 0 aliphatic carbocycles. The number of rotatable bonds is 5. The molecule has 2 heterocycles. The van der Waals surface area contributed by atoms with Gasteiger partial charge < -0.3 is 15.0 Å². The van der Waals surface area contributed by atoms with E-state index in [9.17, 15) is 9.18 Å². The summed E-state index contributed by atoms with van der Waals surface area (Å²) >= 11 is 0. The van der Waals surface area contributed by atoms with Gasteiger partial charge in [-0.15, -0.1) is 0 Å². The number of aryl methyl sites for hydroxylation is 2. The molecule has 6 nitrogen and oxygen atoms in total. The summed E-state index contributed by atoms with van der Waals surface area (Å²) < 4.78 is 19.1. The number of halogens is 1. The highest BCUT2D eigenvalue weighted by molar-refractivity contribution is 6.03. The summed E-state index contributed by atoms with van der Waals surface area (Å²) in [6, 6.07) is 19.1. The van der Waals surface area contributed by atoms with Crippen molar-refractivity contribution in [1.82, 2.24) is 4.90 Å². The molecule has 7 heteroatoms. The van der Waals surface area contributed by atoms with Crippen LogP contribution in [0.3, 0.4) is 0 Å². The lowest BCUT2D eigenvalue weighted by Crippen LogP contribution is -2.48. The van der Waals surface area contributed by atoms with Crippen molar-refractivity contribution in [2.24, 2.45) is 0 Å². The molecule has 2 amide bonds. The zero-order valence-corrected chi connectivity index (χ0v) is 21.8. The van der Waals surface area contributed by atoms with Crippen LogP contribution in [0.4, 0.5) is 26.2 Å². The van der Waals surface area contributed by atoms with Crippen molar-refractivity contribution in [3.63, 3.8) is 0 Å². The number of hydrogen-bond donors (Lipinski definition) is 1. The fourth-order valence-electron chi connectivity index (χ4n) is 5.51. The standard InChI is InChI=1S/C30H35FN4O2/c1-21-9-12-25(13-10-21)32-30(36)35-15-5-7-23-6-4-8-26(29(23)35)22(2)33-16-18-34(19-17-33)27-14-11-24(31)20-28(27)37-3/h4,6,8-14,20,22H,5,7,15-19H2,1-3H3,(H,32,36). The van der Waals surface area contributed by atoms with Gasteiger partial charge in [0.2, 0.25) is 0 Å². The van der Waals surface area contributed by atoms with Gasteiger partial charge in [0.25, 0.3) is 0 Å². The number of piperazine rings is 1. The minimum Gasteiger partial charge on any atom is -0.494 e. The third-order valence-electron chi connectivity index (χ3n) is 7.59. The van der Waals surface area contributed by atoms with Gasteiger partial charge in [0.1, 0.15) is 11.6 Å². The summed E-state index contributed by atoms with van der Waals surface area (Å²) in [5.41, 5.74) is 6.35. The Labute approximate surface area is 218 Å². The predicted octanol–water partition coefficient (Wildman–Crippen LogP) is 6.01. The number of ether oxygens (including phenoxy) is 1. The molecule has 1 saturated heterocycles. The number of para-hydroxylation sites is 1. The normalized spacial score (nSPS) is 16.8. The molecule has 0 bridgehead atoms. The summed E-state index contributed by atoms with van der Waals surface area (Å²) in [7, 11) is 1.58. The van der Waals surface area contributed by atoms with Gasteiger partial charge in [-0.1, -0.05) is 35.9 Å². The molecule has 2 aliphatic rings. The highest BCUT2D eigenvalue weighted by Gasteiger charge is 2.30. The van der Waals surface area contributed by atoms with E-state index in [0.717, 1.165) is 61.6 Å². The van der Waals surface area contributed by atoms with Gasteiger partial charge in [-0.05, 0) is 62.1 Å². The molecule has 1 fully saturated rings. The largest absolute Gasteiger partial charge is 0.494 e. The summed E-state index contributed by atoms with van der Waals surface area (Å²) in [6.07, 6.45) is 1.92. The summed E-state index contributed by atoms with van der Waals surface area (Å²) in [5, 5.41) is 3.09. The number of fused-ring (bicyclic) bond motifs is 1. The average molecular weight is 503 g/mol. The van der Waals surface area contributed by atoms with E-state index in [4.69, 9.17) is 4.74 Å². The maximum absolute atomic E-state index is 13.7. The van der Waals surface area contributed by atoms with Gasteiger partial charge in [-0.2, -0.15) is 0 Å². The first-order valence-corrected chi connectivity index (χ1v) is 13.0. The van der Waals surface area contributed by atoms with Gasteiger partial charge >= 0.3 is 6.03 Å². The Hall–Kier alpha value is -3.58. The van der Waals surface area contributed by atoms with E-state index >= 15 is 0 Å². The fraction of sp³-hybridized carbons (Fsp3) is 0.367. The first-order valence-electron chi connectivity index (χ1n) is 13.0. The maximum Gasteiger partial charge on any atom is 0.326 e. The van der Waals surface area contributed by atoms with Crippen LogP contribution in [0.5, 0.6) is 5.75 Å². The van der Waals surface area contributed by atoms with Crippen LogP contribution >= 0.6 is 0 Å². The molecule has 0 aromatic heterocycles. The molecule has 3 aromatic rings. The number of amides is 2. The Morgan fingerprint density at radius 3 is 2.49 bits per heavy atom. The number of urea groups is 1. The van der Waals surface area contributed by atoms with Crippen molar-refractivity contribution in [1.29, 1.82) is 0 Å². The van der Waals surface area contributed by atoms with Crippen molar-refractivity contribution >= 4 is 23.1 Å². The zero-order chi connectivity index (χ0) is 25.9. The van der Waals surface area contributed by atoms with Gasteiger partial charge in [-0.25, -0.2) is 9.18 Å². The van der Waals surface area contributed by atoms with Crippen LogP contribution in [0.2, 0.25) is 0 Å². The number of methoxy groups -OCH3 is 1. The van der Waals surface area contributed by atoms with Crippen molar-refractivity contribution in [3.8, 4) is 5.75 Å². The Kier molecular flexibility index (Phi) is 7.33. The second-order valence-electron chi connectivity index (χ2n) is 9.92. The molecule has 37 heavy (non-hydrogen) atoms. The fourth-order valence-corrected chi connectivity index (χ4v) is 5.51. The van der Waals surface area contributed by atoms with Crippen LogP contribution in [0.25, 0.3) is 0 Å². The Balaban J connectivity index is 1.33. The first-order chi connectivity index (χ1) is 17.9. The topological polar surface area (TPSA) is 48.1 Å². The molecule has 194 valence electrons. The van der Waals surface area contributed by atoms with Gasteiger partial charge in [0.15, 0.2) is 0 Å². The molecule has 3 aromatic carbocycles. The summed E-state index contributed by atoms with van der Waals surface area (Å²) in [5.74, 6) is 0.270. The number of carbonyl (C=O) groups excluding carboxylic acids is 1. The van der Waals surface area contributed by atoms with E-state index in [0.29, 0.717) is 12.3 Å². The minimum atomic E-state index is -0.294. The van der Waals surface area contributed by atoms with Crippen LogP contribution in [-0.4, -0.2) is 50.8 Å². The van der Waals surface area contributed by atoms with Crippen LogP contribution in [0, 0.1) is 12.7 Å². The van der Waals surface area contributed by atoms with Crippen LogP contribution in [0.15, 0.2) is 60.7 Å². The Bertz CT molecular complexity index is 1250. The van der Waals surface area contributed by atoms with Crippen LogP contribution < -0.4 is 19.9 Å². The zero-order valence-electron chi connectivity index (χ0n) is 21.8. The molecule has 0 spiro atoms. The second-order valence-corrected chi connectivity index (χ2v) is 9.92. The van der Waals surface area contributed by atoms with E-state index in [2.05, 4.69) is 40.2 Å². The lowest BCUT2D eigenvalue weighted by atomic mass is 9.94. The van der Waals surface area contributed by atoms with Gasteiger partial charge in [0.05, 0.1) is 18.5 Å². The maximum atomic E-state index is 13.7. The van der Waals surface area contributed by atoms with Crippen molar-refractivity contribution in [2.45, 2.75) is 32.7 Å². The molecular weight excluding hydrogens is 467 g/mol.